The molecule has 1 aromatic carbocycles. The molecule has 0 aromatic heterocycles. The van der Waals surface area contributed by atoms with Gasteiger partial charge in [-0.1, -0.05) is 17.7 Å². The zero-order valence-corrected chi connectivity index (χ0v) is 17.7. The fourth-order valence-corrected chi connectivity index (χ4v) is 3.30. The van der Waals surface area contributed by atoms with Crippen molar-refractivity contribution in [1.29, 1.82) is 0 Å². The maximum atomic E-state index is 12.6. The second-order valence-electron chi connectivity index (χ2n) is 6.07. The molecule has 1 N–H and O–H groups in total. The molecule has 0 bridgehead atoms. The van der Waals surface area contributed by atoms with Crippen LogP contribution in [0.4, 0.5) is 0 Å². The van der Waals surface area contributed by atoms with Gasteiger partial charge in [-0.3, -0.25) is 9.52 Å². The van der Waals surface area contributed by atoms with Gasteiger partial charge in [-0.15, -0.1) is 0 Å². The number of sulfonamides is 1. The summed E-state index contributed by atoms with van der Waals surface area (Å²) in [5, 5.41) is 0. The van der Waals surface area contributed by atoms with Crippen LogP contribution in [0.3, 0.4) is 0 Å². The third kappa shape index (κ3) is 7.69. The molecule has 0 aliphatic heterocycles. The van der Waals surface area contributed by atoms with Gasteiger partial charge in [0.05, 0.1) is 4.90 Å². The molecule has 28 heavy (non-hydrogen) atoms. The summed E-state index contributed by atoms with van der Waals surface area (Å²) in [6.45, 7) is 1.86. The number of hydrogen-bond acceptors (Lipinski definition) is 7. The topological polar surface area (TPSA) is 100 Å². The third-order valence-electron chi connectivity index (χ3n) is 4.12. The van der Waals surface area contributed by atoms with Gasteiger partial charge in [0.1, 0.15) is 0 Å². The van der Waals surface area contributed by atoms with E-state index >= 15 is 0 Å². The predicted octanol–water partition coefficient (Wildman–Crippen LogP) is 2.13. The minimum Gasteiger partial charge on any atom is -0.356 e. The van der Waals surface area contributed by atoms with Gasteiger partial charge in [0.15, 0.2) is 18.4 Å². The summed E-state index contributed by atoms with van der Waals surface area (Å²) in [6, 6.07) is 6.40. The van der Waals surface area contributed by atoms with Crippen LogP contribution in [0.15, 0.2) is 40.9 Å². The second-order valence-corrected chi connectivity index (χ2v) is 7.79. The van der Waals surface area contributed by atoms with Crippen molar-refractivity contribution in [3.05, 3.63) is 41.6 Å². The van der Waals surface area contributed by atoms with E-state index in [1.165, 1.54) is 46.8 Å². The molecule has 0 radical (unpaired) electrons. The van der Waals surface area contributed by atoms with E-state index in [1.807, 2.05) is 6.92 Å². The molecule has 0 unspecified atom stereocenters. The normalized spacial score (nSPS) is 12.6. The first-order valence-electron chi connectivity index (χ1n) is 8.69. The molecule has 0 aliphatic carbocycles. The molecule has 0 aliphatic rings. The van der Waals surface area contributed by atoms with Crippen LogP contribution in [0.1, 0.15) is 24.8 Å². The number of nitrogens with one attached hydrogen (secondary N) is 1. The first-order chi connectivity index (χ1) is 13.3. The minimum atomic E-state index is -3.81. The molecule has 0 saturated carbocycles. The van der Waals surface area contributed by atoms with Crippen LogP contribution in [0.2, 0.25) is 0 Å². The van der Waals surface area contributed by atoms with Crippen LogP contribution < -0.4 is 4.72 Å². The molecular weight excluding hydrogens is 386 g/mol. The number of hydrogen-bond donors (Lipinski definition) is 1. The molecule has 0 fully saturated rings. The van der Waals surface area contributed by atoms with Crippen molar-refractivity contribution in [1.82, 2.24) is 4.72 Å². The third-order valence-corrected chi connectivity index (χ3v) is 5.44. The quantitative estimate of drug-likeness (QED) is 0.389. The Hall–Kier alpha value is -1.78. The van der Waals surface area contributed by atoms with Crippen molar-refractivity contribution in [3.8, 4) is 0 Å². The maximum Gasteiger partial charge on any atom is 0.261 e. The van der Waals surface area contributed by atoms with Crippen molar-refractivity contribution in [2.75, 3.05) is 28.4 Å². The second kappa shape index (κ2) is 11.9. The highest BCUT2D eigenvalue weighted by atomic mass is 32.2. The van der Waals surface area contributed by atoms with Gasteiger partial charge in [0, 0.05) is 59.5 Å². The zero-order chi connectivity index (χ0) is 21.2. The number of ketones is 1. The molecular formula is C19H29NO7S. The summed E-state index contributed by atoms with van der Waals surface area (Å²) in [5.74, 6) is -0.259. The van der Waals surface area contributed by atoms with Crippen LogP contribution in [0.5, 0.6) is 0 Å². The highest BCUT2D eigenvalue weighted by Gasteiger charge is 2.19. The van der Waals surface area contributed by atoms with Crippen molar-refractivity contribution in [2.45, 2.75) is 43.7 Å². The molecule has 0 atom stereocenters. The lowest BCUT2D eigenvalue weighted by Gasteiger charge is -2.17. The van der Waals surface area contributed by atoms with E-state index in [0.717, 1.165) is 5.56 Å². The van der Waals surface area contributed by atoms with E-state index in [9.17, 15) is 13.2 Å². The van der Waals surface area contributed by atoms with Gasteiger partial charge in [-0.2, -0.15) is 0 Å². The lowest BCUT2D eigenvalue weighted by molar-refractivity contribution is -0.127. The van der Waals surface area contributed by atoms with Crippen molar-refractivity contribution >= 4 is 15.8 Å². The van der Waals surface area contributed by atoms with E-state index in [1.54, 1.807) is 12.1 Å². The largest absolute Gasteiger partial charge is 0.356 e. The average molecular weight is 416 g/mol. The van der Waals surface area contributed by atoms with Gasteiger partial charge in [-0.05, 0) is 19.1 Å². The van der Waals surface area contributed by atoms with E-state index in [0.29, 0.717) is 6.42 Å². The molecule has 8 nitrogen and oxygen atoms in total. The molecule has 158 valence electrons. The van der Waals surface area contributed by atoms with Crippen molar-refractivity contribution < 1.29 is 32.2 Å². The molecule has 1 rings (SSSR count). The van der Waals surface area contributed by atoms with Crippen LogP contribution in [0, 0.1) is 6.92 Å². The SMILES string of the molecule is COC(CCC(=O)/C(=C/NS(=O)(=O)c1ccc(C)cc1)CC(OC)OC)OC. The highest BCUT2D eigenvalue weighted by Crippen LogP contribution is 2.16. The summed E-state index contributed by atoms with van der Waals surface area (Å²) >= 11 is 0. The molecule has 0 heterocycles. The van der Waals surface area contributed by atoms with Crippen molar-refractivity contribution in [3.63, 3.8) is 0 Å². The summed E-state index contributed by atoms with van der Waals surface area (Å²) in [5.41, 5.74) is 1.18. The highest BCUT2D eigenvalue weighted by molar-refractivity contribution is 7.89. The molecule has 0 spiro atoms. The van der Waals surface area contributed by atoms with Crippen LogP contribution in [-0.2, 0) is 33.8 Å². The Labute approximate surface area is 166 Å². The number of aryl methyl sites for hydroxylation is 1. The van der Waals surface area contributed by atoms with Crippen molar-refractivity contribution in [2.24, 2.45) is 0 Å². The molecule has 9 heteroatoms. The Morgan fingerprint density at radius 1 is 1.00 bits per heavy atom. The van der Waals surface area contributed by atoms with E-state index < -0.39 is 22.6 Å². The lowest BCUT2D eigenvalue weighted by Crippen LogP contribution is -2.23. The summed E-state index contributed by atoms with van der Waals surface area (Å²) < 4.78 is 47.8. The first-order valence-corrected chi connectivity index (χ1v) is 10.2. The average Bonchev–Trinajstić information content (AvgIpc) is 2.69. The monoisotopic (exact) mass is 415 g/mol. The number of methoxy groups -OCH3 is 4. The molecule has 0 amide bonds. The number of carbonyl (C=O) groups is 1. The molecule has 0 saturated heterocycles. The zero-order valence-electron chi connectivity index (χ0n) is 16.9. The Morgan fingerprint density at radius 3 is 2.04 bits per heavy atom. The predicted molar refractivity (Wildman–Crippen MR) is 104 cm³/mol. The Balaban J connectivity index is 2.99. The fourth-order valence-electron chi connectivity index (χ4n) is 2.37. The van der Waals surface area contributed by atoms with Gasteiger partial charge >= 0.3 is 0 Å². The standard InChI is InChI=1S/C19H29NO7S/c1-14-6-8-16(9-7-14)28(22,23)20-13-15(12-19(26-4)27-5)17(21)10-11-18(24-2)25-3/h6-9,13,18-20H,10-12H2,1-5H3/b15-13+. The van der Waals surface area contributed by atoms with Crippen LogP contribution in [-0.4, -0.2) is 55.2 Å². The van der Waals surface area contributed by atoms with Gasteiger partial charge in [-0.25, -0.2) is 8.42 Å². The lowest BCUT2D eigenvalue weighted by atomic mass is 10.0. The van der Waals surface area contributed by atoms with E-state index in [2.05, 4.69) is 4.72 Å². The molecule has 1 aromatic rings. The van der Waals surface area contributed by atoms with Crippen LogP contribution in [0.25, 0.3) is 0 Å². The fraction of sp³-hybridized carbons (Fsp3) is 0.526. The summed E-state index contributed by atoms with van der Waals surface area (Å²) in [7, 11) is 2.05. The number of benzene rings is 1. The number of Topliss-reactive ketones (excluding diaryl/α,β-unsaturated/α-hetero) is 1. The van der Waals surface area contributed by atoms with Gasteiger partial charge in [0.2, 0.25) is 0 Å². The Kier molecular flexibility index (Phi) is 10.3. The Bertz CT molecular complexity index is 736. The number of rotatable bonds is 13. The Morgan fingerprint density at radius 2 is 1.54 bits per heavy atom. The van der Waals surface area contributed by atoms with Gasteiger partial charge in [0.25, 0.3) is 10.0 Å². The van der Waals surface area contributed by atoms with Gasteiger partial charge < -0.3 is 18.9 Å². The minimum absolute atomic E-state index is 0.0902. The summed E-state index contributed by atoms with van der Waals surface area (Å²) in [6.07, 6.45) is 0.530. The van der Waals surface area contributed by atoms with E-state index in [-0.39, 0.29) is 29.1 Å². The number of carbonyl (C=O) groups excluding carboxylic acids is 1. The summed E-state index contributed by atoms with van der Waals surface area (Å²) in [4.78, 5) is 12.7. The van der Waals surface area contributed by atoms with E-state index in [4.69, 9.17) is 18.9 Å². The first kappa shape index (κ1) is 24.3. The number of ether oxygens (including phenoxy) is 4. The van der Waals surface area contributed by atoms with Crippen LogP contribution >= 0.6 is 0 Å². The smallest absolute Gasteiger partial charge is 0.261 e. The maximum absolute atomic E-state index is 12.6.